The molecule has 2 N–H and O–H groups in total. The second-order valence-electron chi connectivity index (χ2n) is 0.650. The third kappa shape index (κ3) is 3.08. The summed E-state index contributed by atoms with van der Waals surface area (Å²) >= 11 is 0. The van der Waals surface area contributed by atoms with Crippen LogP contribution in [0.5, 0.6) is 0 Å². The molecule has 0 unspecified atom stereocenters. The first-order chi connectivity index (χ1) is 2.91. The van der Waals surface area contributed by atoms with Crippen molar-refractivity contribution in [2.75, 3.05) is 6.54 Å². The van der Waals surface area contributed by atoms with Gasteiger partial charge in [-0.25, -0.2) is 0 Å². The minimum atomic E-state index is 0.351. The summed E-state index contributed by atoms with van der Waals surface area (Å²) in [5.74, 6) is 6.97. The zero-order chi connectivity index (χ0) is 4.83. The Morgan fingerprint density at radius 3 is 2.50 bits per heavy atom. The van der Waals surface area contributed by atoms with Gasteiger partial charge in [-0.15, -0.1) is 6.42 Å². The first kappa shape index (κ1) is 5.08. The fourth-order valence-corrected chi connectivity index (χ4v) is 0.102. The Labute approximate surface area is 37.5 Å². The zero-order valence-electron chi connectivity index (χ0n) is 3.36. The normalized spacial score (nSPS) is 4.67. The number of hydrogen-bond donors (Lipinski definition) is 1. The summed E-state index contributed by atoms with van der Waals surface area (Å²) in [4.78, 5) is 0. The van der Waals surface area contributed by atoms with Gasteiger partial charge in [-0.3, -0.25) is 0 Å². The summed E-state index contributed by atoms with van der Waals surface area (Å²) in [6.07, 6.45) is 4.74. The first-order valence-electron chi connectivity index (χ1n) is 1.55. The van der Waals surface area contributed by atoms with E-state index in [1.54, 1.807) is 0 Å². The molecule has 0 spiro atoms. The Balaban J connectivity index is 3.22. The van der Waals surface area contributed by atoms with E-state index in [4.69, 9.17) is 12.2 Å². The maximum atomic E-state index is 4.95. The van der Waals surface area contributed by atoms with Crippen molar-refractivity contribution < 1.29 is 0 Å². The molecule has 0 aromatic heterocycles. The molecule has 30 valence electrons. The molecule has 0 aliphatic carbocycles. The van der Waals surface area contributed by atoms with Crippen molar-refractivity contribution in [3.63, 3.8) is 0 Å². The molecule has 0 saturated heterocycles. The van der Waals surface area contributed by atoms with Crippen molar-refractivity contribution >= 4 is 0 Å². The standard InChI is InChI=1S/C5H5N/c1-2-3-4-5-6/h1H,5-6H2. The zero-order valence-corrected chi connectivity index (χ0v) is 3.36. The Bertz CT molecular complexity index is 108. The van der Waals surface area contributed by atoms with Gasteiger partial charge in [-0.05, 0) is 11.8 Å². The average molecular weight is 79.1 g/mol. The smallest absolute Gasteiger partial charge is 0.0561 e. The minimum absolute atomic E-state index is 0.351. The molecule has 0 rings (SSSR count). The highest BCUT2D eigenvalue weighted by Gasteiger charge is 1.50. The molecule has 1 nitrogen and oxygen atoms in total. The third-order valence-corrected chi connectivity index (χ3v) is 0.263. The van der Waals surface area contributed by atoms with E-state index in [2.05, 4.69) is 17.8 Å². The third-order valence-electron chi connectivity index (χ3n) is 0.263. The van der Waals surface area contributed by atoms with E-state index in [-0.39, 0.29) is 0 Å². The van der Waals surface area contributed by atoms with Crippen LogP contribution in [0, 0.1) is 24.2 Å². The Morgan fingerprint density at radius 2 is 2.33 bits per heavy atom. The lowest BCUT2D eigenvalue weighted by molar-refractivity contribution is 1.30. The van der Waals surface area contributed by atoms with Crippen LogP contribution in [0.1, 0.15) is 0 Å². The van der Waals surface area contributed by atoms with Crippen LogP contribution in [0.3, 0.4) is 0 Å². The van der Waals surface area contributed by atoms with Gasteiger partial charge in [-0.2, -0.15) is 0 Å². The Morgan fingerprint density at radius 1 is 1.67 bits per heavy atom. The quantitative estimate of drug-likeness (QED) is 0.392. The number of terminal acetylenes is 1. The fourth-order valence-electron chi connectivity index (χ4n) is 0.102. The van der Waals surface area contributed by atoms with Crippen molar-refractivity contribution in [3.8, 4) is 24.2 Å². The van der Waals surface area contributed by atoms with Gasteiger partial charge in [0.15, 0.2) is 0 Å². The van der Waals surface area contributed by atoms with Crippen LogP contribution in [0.2, 0.25) is 0 Å². The van der Waals surface area contributed by atoms with E-state index < -0.39 is 0 Å². The highest BCUT2D eigenvalue weighted by molar-refractivity contribution is 5.21. The van der Waals surface area contributed by atoms with Crippen LogP contribution in [0.15, 0.2) is 0 Å². The van der Waals surface area contributed by atoms with E-state index in [1.165, 1.54) is 0 Å². The Kier molecular flexibility index (Phi) is 3.45. The monoisotopic (exact) mass is 79.0 g/mol. The second kappa shape index (κ2) is 4.08. The van der Waals surface area contributed by atoms with E-state index >= 15 is 0 Å². The Hall–Kier alpha value is -0.920. The van der Waals surface area contributed by atoms with Gasteiger partial charge in [0.2, 0.25) is 0 Å². The summed E-state index contributed by atoms with van der Waals surface area (Å²) in [6, 6.07) is 0. The predicted octanol–water partition coefficient (Wildman–Crippen LogP) is -0.418. The highest BCUT2D eigenvalue weighted by atomic mass is 14.5. The van der Waals surface area contributed by atoms with Gasteiger partial charge >= 0.3 is 0 Å². The lowest BCUT2D eigenvalue weighted by Crippen LogP contribution is -1.92. The van der Waals surface area contributed by atoms with Crippen LogP contribution in [-0.2, 0) is 0 Å². The van der Waals surface area contributed by atoms with Gasteiger partial charge < -0.3 is 5.73 Å². The largest absolute Gasteiger partial charge is 0.320 e. The van der Waals surface area contributed by atoms with Crippen LogP contribution >= 0.6 is 0 Å². The molecule has 0 bridgehead atoms. The molecule has 0 saturated carbocycles. The molecule has 0 radical (unpaired) electrons. The van der Waals surface area contributed by atoms with Crippen LogP contribution < -0.4 is 5.73 Å². The molecule has 0 aromatic rings. The van der Waals surface area contributed by atoms with Crippen molar-refractivity contribution in [1.82, 2.24) is 0 Å². The van der Waals surface area contributed by atoms with E-state index in [0.717, 1.165) is 0 Å². The maximum Gasteiger partial charge on any atom is 0.0561 e. The molecule has 0 aliphatic heterocycles. The van der Waals surface area contributed by atoms with Crippen LogP contribution in [0.4, 0.5) is 0 Å². The number of hydrogen-bond acceptors (Lipinski definition) is 1. The molecular weight excluding hydrogens is 74.1 g/mol. The molecule has 0 fully saturated rings. The van der Waals surface area contributed by atoms with Crippen molar-refractivity contribution in [1.29, 1.82) is 0 Å². The van der Waals surface area contributed by atoms with Crippen molar-refractivity contribution in [2.24, 2.45) is 5.73 Å². The second-order valence-corrected chi connectivity index (χ2v) is 0.650. The summed E-state index contributed by atoms with van der Waals surface area (Å²) in [5.41, 5.74) is 4.95. The molecular formula is C5H5N. The van der Waals surface area contributed by atoms with Crippen LogP contribution in [0.25, 0.3) is 0 Å². The van der Waals surface area contributed by atoms with E-state index in [1.807, 2.05) is 0 Å². The van der Waals surface area contributed by atoms with Crippen molar-refractivity contribution in [3.05, 3.63) is 0 Å². The molecule has 0 amide bonds. The predicted molar refractivity (Wildman–Crippen MR) is 25.7 cm³/mol. The molecule has 0 aliphatic rings. The molecule has 0 heterocycles. The number of rotatable bonds is 0. The van der Waals surface area contributed by atoms with Gasteiger partial charge in [0, 0.05) is 0 Å². The summed E-state index contributed by atoms with van der Waals surface area (Å²) in [5, 5.41) is 0. The lowest BCUT2D eigenvalue weighted by atomic mass is 10.6. The maximum absolute atomic E-state index is 4.95. The average Bonchev–Trinajstić information content (AvgIpc) is 1.61. The van der Waals surface area contributed by atoms with Gasteiger partial charge in [-0.1, -0.05) is 5.92 Å². The minimum Gasteiger partial charge on any atom is -0.320 e. The molecule has 0 atom stereocenters. The lowest BCUT2D eigenvalue weighted by Gasteiger charge is -1.60. The molecule has 6 heavy (non-hydrogen) atoms. The topological polar surface area (TPSA) is 26.0 Å². The number of nitrogens with two attached hydrogens (primary N) is 1. The fraction of sp³-hybridized carbons (Fsp3) is 0.200. The highest BCUT2D eigenvalue weighted by Crippen LogP contribution is 1.42. The van der Waals surface area contributed by atoms with E-state index in [0.29, 0.717) is 6.54 Å². The van der Waals surface area contributed by atoms with Gasteiger partial charge in [0.25, 0.3) is 0 Å². The first-order valence-corrected chi connectivity index (χ1v) is 1.55. The summed E-state index contributed by atoms with van der Waals surface area (Å²) in [6.45, 7) is 0.351. The van der Waals surface area contributed by atoms with Gasteiger partial charge in [0.1, 0.15) is 0 Å². The summed E-state index contributed by atoms with van der Waals surface area (Å²) < 4.78 is 0. The summed E-state index contributed by atoms with van der Waals surface area (Å²) in [7, 11) is 0. The molecule has 1 heteroatoms. The van der Waals surface area contributed by atoms with E-state index in [9.17, 15) is 0 Å². The van der Waals surface area contributed by atoms with Crippen molar-refractivity contribution in [2.45, 2.75) is 0 Å². The SMILES string of the molecule is C#CC#CCN. The van der Waals surface area contributed by atoms with Gasteiger partial charge in [0.05, 0.1) is 6.54 Å². The van der Waals surface area contributed by atoms with Crippen LogP contribution in [-0.4, -0.2) is 6.54 Å². The molecule has 0 aromatic carbocycles.